The molecule has 2 fully saturated rings. The summed E-state index contributed by atoms with van der Waals surface area (Å²) in [7, 11) is 0. The number of hydrogen-bond donors (Lipinski definition) is 2. The van der Waals surface area contributed by atoms with Crippen LogP contribution >= 0.6 is 11.3 Å². The monoisotopic (exact) mass is 280 g/mol. The summed E-state index contributed by atoms with van der Waals surface area (Å²) < 4.78 is 0. The molecule has 3 heterocycles. The lowest BCUT2D eigenvalue weighted by Gasteiger charge is -2.23. The number of thiophene rings is 1. The maximum absolute atomic E-state index is 12.2. The molecule has 3 unspecified atom stereocenters. The third kappa shape index (κ3) is 2.20. The largest absolute Gasteiger partial charge is 0.481 e. The first-order chi connectivity index (χ1) is 9.16. The van der Waals surface area contributed by atoms with Crippen LogP contribution in [0, 0.1) is 5.92 Å². The Morgan fingerprint density at radius 1 is 1.47 bits per heavy atom. The van der Waals surface area contributed by atoms with Crippen molar-refractivity contribution in [1.29, 1.82) is 0 Å². The lowest BCUT2D eigenvalue weighted by atomic mass is 9.89. The molecule has 2 aliphatic rings. The van der Waals surface area contributed by atoms with Gasteiger partial charge in [-0.1, -0.05) is 0 Å². The third-order valence-corrected chi connectivity index (χ3v) is 4.84. The summed E-state index contributed by atoms with van der Waals surface area (Å²) in [6.45, 7) is 0.510. The molecule has 1 aromatic heterocycles. The molecule has 3 rings (SSSR count). The lowest BCUT2D eigenvalue weighted by Crippen LogP contribution is -2.43. The van der Waals surface area contributed by atoms with E-state index in [4.69, 9.17) is 5.11 Å². The Bertz CT molecular complexity index is 488. The molecule has 5 nitrogen and oxygen atoms in total. The van der Waals surface area contributed by atoms with E-state index in [9.17, 15) is 9.59 Å². The van der Waals surface area contributed by atoms with Crippen molar-refractivity contribution in [3.05, 3.63) is 22.4 Å². The first-order valence-corrected chi connectivity index (χ1v) is 7.41. The van der Waals surface area contributed by atoms with Gasteiger partial charge < -0.3 is 15.3 Å². The molecule has 2 bridgehead atoms. The van der Waals surface area contributed by atoms with E-state index in [1.54, 1.807) is 16.2 Å². The van der Waals surface area contributed by atoms with Crippen molar-refractivity contribution in [2.45, 2.75) is 37.9 Å². The van der Waals surface area contributed by atoms with Gasteiger partial charge in [0.2, 0.25) is 0 Å². The second-order valence-electron chi connectivity index (χ2n) is 5.18. The summed E-state index contributed by atoms with van der Waals surface area (Å²) in [4.78, 5) is 25.1. The van der Waals surface area contributed by atoms with Crippen molar-refractivity contribution < 1.29 is 14.7 Å². The molecule has 0 saturated carbocycles. The highest BCUT2D eigenvalue weighted by Crippen LogP contribution is 2.41. The van der Waals surface area contributed by atoms with Crippen LogP contribution in [0.4, 0.5) is 4.79 Å². The molecule has 0 spiro atoms. The van der Waals surface area contributed by atoms with Crippen molar-refractivity contribution in [3.8, 4) is 0 Å². The Labute approximate surface area is 115 Å². The van der Waals surface area contributed by atoms with E-state index in [0.717, 1.165) is 18.4 Å². The summed E-state index contributed by atoms with van der Waals surface area (Å²) in [5, 5.41) is 16.0. The molecule has 19 heavy (non-hydrogen) atoms. The second-order valence-corrected chi connectivity index (χ2v) is 5.96. The van der Waals surface area contributed by atoms with E-state index < -0.39 is 5.97 Å². The number of amides is 2. The van der Waals surface area contributed by atoms with Crippen LogP contribution in [0.5, 0.6) is 0 Å². The second kappa shape index (κ2) is 4.85. The van der Waals surface area contributed by atoms with Gasteiger partial charge >= 0.3 is 12.0 Å². The molecular weight excluding hydrogens is 264 g/mol. The van der Waals surface area contributed by atoms with Gasteiger partial charge in [-0.25, -0.2) is 4.79 Å². The first-order valence-electron chi connectivity index (χ1n) is 6.47. The molecule has 2 amide bonds. The van der Waals surface area contributed by atoms with Gasteiger partial charge in [0.25, 0.3) is 0 Å². The van der Waals surface area contributed by atoms with Gasteiger partial charge in [-0.2, -0.15) is 11.3 Å². The molecule has 2 saturated heterocycles. The van der Waals surface area contributed by atoms with Gasteiger partial charge in [0.05, 0.1) is 5.92 Å². The number of carbonyl (C=O) groups is 2. The summed E-state index contributed by atoms with van der Waals surface area (Å²) in [5.74, 6) is -1.16. The van der Waals surface area contributed by atoms with Crippen LogP contribution < -0.4 is 5.32 Å². The van der Waals surface area contributed by atoms with Crippen LogP contribution in [-0.2, 0) is 11.3 Å². The van der Waals surface area contributed by atoms with Crippen molar-refractivity contribution in [2.24, 2.45) is 5.92 Å². The van der Waals surface area contributed by atoms with E-state index in [0.29, 0.717) is 13.0 Å². The number of fused-ring (bicyclic) bond motifs is 2. The number of carboxylic acids is 1. The Morgan fingerprint density at radius 3 is 2.95 bits per heavy atom. The Kier molecular flexibility index (Phi) is 3.18. The zero-order chi connectivity index (χ0) is 13.4. The Morgan fingerprint density at radius 2 is 2.32 bits per heavy atom. The number of aliphatic carboxylic acids is 1. The fourth-order valence-electron chi connectivity index (χ4n) is 3.23. The highest BCUT2D eigenvalue weighted by atomic mass is 32.1. The predicted octanol–water partition coefficient (Wildman–Crippen LogP) is 1.90. The van der Waals surface area contributed by atoms with Gasteiger partial charge in [-0.15, -0.1) is 0 Å². The topological polar surface area (TPSA) is 69.6 Å². The number of carboxylic acid groups (broad SMARTS) is 1. The fraction of sp³-hybridized carbons (Fsp3) is 0.538. The smallest absolute Gasteiger partial charge is 0.318 e. The normalized spacial score (nSPS) is 28.6. The minimum atomic E-state index is -0.775. The van der Waals surface area contributed by atoms with Crippen molar-refractivity contribution in [2.75, 3.05) is 0 Å². The average Bonchev–Trinajstić information content (AvgIpc) is 3.11. The minimum Gasteiger partial charge on any atom is -0.481 e. The van der Waals surface area contributed by atoms with Crippen molar-refractivity contribution >= 4 is 23.3 Å². The molecule has 6 heteroatoms. The van der Waals surface area contributed by atoms with E-state index in [-0.39, 0.29) is 24.0 Å². The predicted molar refractivity (Wildman–Crippen MR) is 70.9 cm³/mol. The zero-order valence-electron chi connectivity index (χ0n) is 10.4. The van der Waals surface area contributed by atoms with E-state index in [1.165, 1.54) is 0 Å². The van der Waals surface area contributed by atoms with Crippen LogP contribution in [0.1, 0.15) is 24.8 Å². The fourth-order valence-corrected chi connectivity index (χ4v) is 3.90. The summed E-state index contributed by atoms with van der Waals surface area (Å²) in [6.07, 6.45) is 2.35. The van der Waals surface area contributed by atoms with Crippen LogP contribution in [0.15, 0.2) is 16.8 Å². The van der Waals surface area contributed by atoms with Gasteiger partial charge in [0, 0.05) is 18.6 Å². The quantitative estimate of drug-likeness (QED) is 0.888. The molecular formula is C13H16N2O3S. The van der Waals surface area contributed by atoms with Gasteiger partial charge in [0.15, 0.2) is 0 Å². The van der Waals surface area contributed by atoms with E-state index in [1.807, 2.05) is 16.8 Å². The summed E-state index contributed by atoms with van der Waals surface area (Å²) >= 11 is 1.60. The number of nitrogens with one attached hydrogen (secondary N) is 1. The maximum atomic E-state index is 12.2. The molecule has 0 radical (unpaired) electrons. The van der Waals surface area contributed by atoms with Crippen molar-refractivity contribution in [1.82, 2.24) is 10.2 Å². The van der Waals surface area contributed by atoms with Crippen LogP contribution in [0.2, 0.25) is 0 Å². The summed E-state index contributed by atoms with van der Waals surface area (Å²) in [5.41, 5.74) is 1.08. The van der Waals surface area contributed by atoms with Crippen LogP contribution in [-0.4, -0.2) is 34.1 Å². The van der Waals surface area contributed by atoms with Gasteiger partial charge in [-0.05, 0) is 41.7 Å². The number of hydrogen-bond acceptors (Lipinski definition) is 3. The number of nitrogens with zero attached hydrogens (tertiary/aromatic N) is 1. The third-order valence-electron chi connectivity index (χ3n) is 4.11. The number of carbonyl (C=O) groups excluding carboxylic acids is 1. The van der Waals surface area contributed by atoms with Crippen molar-refractivity contribution in [3.63, 3.8) is 0 Å². The SMILES string of the molecule is O=C(O)C1CC2CCC1N2C(=O)NCc1ccsc1. The minimum absolute atomic E-state index is 0.105. The number of urea groups is 1. The van der Waals surface area contributed by atoms with Gasteiger partial charge in [0.1, 0.15) is 0 Å². The van der Waals surface area contributed by atoms with Crippen LogP contribution in [0.25, 0.3) is 0 Å². The zero-order valence-corrected chi connectivity index (χ0v) is 11.2. The maximum Gasteiger partial charge on any atom is 0.318 e. The standard InChI is InChI=1S/C13H16N2O3S/c16-12(17)10-5-9-1-2-11(10)15(9)13(18)14-6-8-3-4-19-7-8/h3-4,7,9-11H,1-2,5-6H2,(H,14,18)(H,16,17). The molecule has 102 valence electrons. The molecule has 0 aliphatic carbocycles. The Balaban J connectivity index is 1.63. The number of rotatable bonds is 3. The van der Waals surface area contributed by atoms with Gasteiger partial charge in [-0.3, -0.25) is 4.79 Å². The average molecular weight is 280 g/mol. The summed E-state index contributed by atoms with van der Waals surface area (Å²) in [6, 6.07) is 1.84. The molecule has 0 aromatic carbocycles. The van der Waals surface area contributed by atoms with E-state index in [2.05, 4.69) is 5.32 Å². The molecule has 2 N–H and O–H groups in total. The highest BCUT2D eigenvalue weighted by molar-refractivity contribution is 7.07. The molecule has 1 aromatic rings. The highest BCUT2D eigenvalue weighted by Gasteiger charge is 2.51. The molecule has 3 atom stereocenters. The lowest BCUT2D eigenvalue weighted by molar-refractivity contribution is -0.142. The van der Waals surface area contributed by atoms with Crippen LogP contribution in [0.3, 0.4) is 0 Å². The first kappa shape index (κ1) is 12.5. The Hall–Kier alpha value is -1.56. The molecule has 2 aliphatic heterocycles. The van der Waals surface area contributed by atoms with E-state index >= 15 is 0 Å².